The number of rotatable bonds is 4. The number of amides is 1. The number of benzene rings is 1. The van der Waals surface area contributed by atoms with Crippen LogP contribution in [-0.4, -0.2) is 48.8 Å². The average Bonchev–Trinajstić information content (AvgIpc) is 2.59. The average molecular weight is 486 g/mol. The first-order valence-electron chi connectivity index (χ1n) is 10.2. The van der Waals surface area contributed by atoms with Crippen molar-refractivity contribution in [1.29, 1.82) is 0 Å². The molecule has 2 N–H and O–H groups in total. The van der Waals surface area contributed by atoms with Crippen LogP contribution in [0.5, 0.6) is 0 Å². The van der Waals surface area contributed by atoms with E-state index < -0.39 is 10.0 Å². The van der Waals surface area contributed by atoms with Crippen LogP contribution in [0.1, 0.15) is 53.4 Å². The number of sulfonamides is 1. The van der Waals surface area contributed by atoms with Crippen molar-refractivity contribution in [2.45, 2.75) is 75.4 Å². The molecule has 29 heavy (non-hydrogen) atoms. The van der Waals surface area contributed by atoms with E-state index >= 15 is 0 Å². The maximum absolute atomic E-state index is 13.0. The number of carbonyl (C=O) groups excluding carboxylic acids is 1. The second kappa shape index (κ2) is 8.29. The lowest BCUT2D eigenvalue weighted by atomic mass is 9.79. The third-order valence-corrected chi connectivity index (χ3v) is 8.15. The van der Waals surface area contributed by atoms with Crippen LogP contribution in [0.3, 0.4) is 0 Å². The summed E-state index contributed by atoms with van der Waals surface area (Å²) < 4.78 is 28.3. The minimum atomic E-state index is -3.59. The molecule has 0 aliphatic carbocycles. The van der Waals surface area contributed by atoms with Gasteiger partial charge >= 0.3 is 0 Å². The molecule has 2 heterocycles. The van der Waals surface area contributed by atoms with Crippen LogP contribution in [0.4, 0.5) is 0 Å². The van der Waals surface area contributed by atoms with Gasteiger partial charge in [-0.15, -0.1) is 0 Å². The summed E-state index contributed by atoms with van der Waals surface area (Å²) in [7, 11) is -3.59. The fraction of sp³-hybridized carbons (Fsp3) is 0.667. The Hall–Kier alpha value is -0.960. The molecule has 0 radical (unpaired) electrons. The van der Waals surface area contributed by atoms with Crippen LogP contribution in [0.2, 0.25) is 0 Å². The van der Waals surface area contributed by atoms with Gasteiger partial charge in [-0.05, 0) is 77.6 Å². The molecule has 0 aromatic heterocycles. The monoisotopic (exact) mass is 485 g/mol. The molecule has 1 amide bonds. The zero-order valence-corrected chi connectivity index (χ0v) is 20.1. The molecule has 0 bridgehead atoms. The normalized spacial score (nSPS) is 25.5. The molecule has 6 nitrogen and oxygen atoms in total. The predicted octanol–water partition coefficient (Wildman–Crippen LogP) is 3.28. The van der Waals surface area contributed by atoms with Gasteiger partial charge in [0.05, 0.1) is 10.8 Å². The molecule has 0 spiro atoms. The topological polar surface area (TPSA) is 78.5 Å². The lowest BCUT2D eigenvalue weighted by molar-refractivity contribution is -0.127. The lowest BCUT2D eigenvalue weighted by Crippen LogP contribution is -2.62. The fourth-order valence-electron chi connectivity index (χ4n) is 4.87. The highest BCUT2D eigenvalue weighted by atomic mass is 79.9. The molecule has 0 unspecified atom stereocenters. The zero-order chi connectivity index (χ0) is 21.4. The van der Waals surface area contributed by atoms with Gasteiger partial charge in [-0.3, -0.25) is 4.79 Å². The molecular weight excluding hydrogens is 454 g/mol. The van der Waals surface area contributed by atoms with Crippen molar-refractivity contribution in [2.75, 3.05) is 13.1 Å². The van der Waals surface area contributed by atoms with Gasteiger partial charge < -0.3 is 10.6 Å². The number of hydrogen-bond donors (Lipinski definition) is 2. The van der Waals surface area contributed by atoms with Gasteiger partial charge in [0.25, 0.3) is 0 Å². The maximum atomic E-state index is 13.0. The van der Waals surface area contributed by atoms with Crippen molar-refractivity contribution < 1.29 is 13.2 Å². The molecule has 3 rings (SSSR count). The van der Waals surface area contributed by atoms with E-state index in [-0.39, 0.29) is 40.4 Å². The number of carbonyl (C=O) groups is 1. The summed E-state index contributed by atoms with van der Waals surface area (Å²) in [5, 5.41) is 6.83. The quantitative estimate of drug-likeness (QED) is 0.685. The molecule has 2 saturated heterocycles. The maximum Gasteiger partial charge on any atom is 0.243 e. The SMILES string of the molecule is CC1(C)CC(NC(=O)[C@@H]2CCCN(S(=O)(=O)c3ccc(Br)cc3)C2)CC(C)(C)N1. The smallest absolute Gasteiger partial charge is 0.243 e. The highest BCUT2D eigenvalue weighted by molar-refractivity contribution is 9.10. The standard InChI is InChI=1S/C21H32BrN3O3S/c1-20(2)12-17(13-21(3,4)24-20)23-19(26)15-6-5-11-25(14-15)29(27,28)18-9-7-16(22)8-10-18/h7-10,15,17,24H,5-6,11-14H2,1-4H3,(H,23,26)/t15-/m1/s1. The van der Waals surface area contributed by atoms with Crippen molar-refractivity contribution in [2.24, 2.45) is 5.92 Å². The van der Waals surface area contributed by atoms with Gasteiger partial charge in [0, 0.05) is 34.7 Å². The van der Waals surface area contributed by atoms with Crippen LogP contribution in [-0.2, 0) is 14.8 Å². The van der Waals surface area contributed by atoms with Gasteiger partial charge in [-0.25, -0.2) is 8.42 Å². The van der Waals surface area contributed by atoms with Crippen molar-refractivity contribution in [3.05, 3.63) is 28.7 Å². The summed E-state index contributed by atoms with van der Waals surface area (Å²) in [4.78, 5) is 13.3. The van der Waals surface area contributed by atoms with Crippen LogP contribution in [0, 0.1) is 5.92 Å². The largest absolute Gasteiger partial charge is 0.353 e. The first kappa shape index (κ1) is 22.7. The lowest BCUT2D eigenvalue weighted by Gasteiger charge is -2.47. The van der Waals surface area contributed by atoms with Gasteiger partial charge in [0.1, 0.15) is 0 Å². The molecule has 8 heteroatoms. The molecule has 1 atom stereocenters. The van der Waals surface area contributed by atoms with E-state index in [1.54, 1.807) is 24.3 Å². The third-order valence-electron chi connectivity index (χ3n) is 5.74. The second-order valence-electron chi connectivity index (χ2n) is 9.66. The van der Waals surface area contributed by atoms with Gasteiger partial charge in [-0.1, -0.05) is 15.9 Å². The van der Waals surface area contributed by atoms with Gasteiger partial charge in [-0.2, -0.15) is 4.31 Å². The minimum absolute atomic E-state index is 0.0285. The highest BCUT2D eigenvalue weighted by Gasteiger charge is 2.40. The van der Waals surface area contributed by atoms with Gasteiger partial charge in [0.15, 0.2) is 0 Å². The first-order valence-corrected chi connectivity index (χ1v) is 12.5. The number of hydrogen-bond acceptors (Lipinski definition) is 4. The number of piperidine rings is 2. The van der Waals surface area contributed by atoms with E-state index in [2.05, 4.69) is 54.3 Å². The summed E-state index contributed by atoms with van der Waals surface area (Å²) >= 11 is 3.33. The van der Waals surface area contributed by atoms with Crippen LogP contribution >= 0.6 is 15.9 Å². The molecular formula is C21H32BrN3O3S. The van der Waals surface area contributed by atoms with E-state index in [1.165, 1.54) is 4.31 Å². The Labute approximate surface area is 183 Å². The molecule has 1 aromatic carbocycles. The molecule has 2 aliphatic rings. The Bertz CT molecular complexity index is 836. The summed E-state index contributed by atoms with van der Waals surface area (Å²) in [5.74, 6) is -0.339. The van der Waals surface area contributed by atoms with Crippen LogP contribution in [0.15, 0.2) is 33.6 Å². The Morgan fingerprint density at radius 3 is 2.31 bits per heavy atom. The number of nitrogens with zero attached hydrogens (tertiary/aromatic N) is 1. The van der Waals surface area contributed by atoms with Crippen LogP contribution in [0.25, 0.3) is 0 Å². The Morgan fingerprint density at radius 1 is 1.14 bits per heavy atom. The highest BCUT2D eigenvalue weighted by Crippen LogP contribution is 2.30. The third kappa shape index (κ3) is 5.60. The minimum Gasteiger partial charge on any atom is -0.353 e. The van der Waals surface area contributed by atoms with Gasteiger partial charge in [0.2, 0.25) is 15.9 Å². The van der Waals surface area contributed by atoms with Crippen molar-refractivity contribution in [3.8, 4) is 0 Å². The van der Waals surface area contributed by atoms with E-state index in [4.69, 9.17) is 0 Å². The summed E-state index contributed by atoms with van der Waals surface area (Å²) in [5.41, 5.74) is -0.105. The molecule has 1 aromatic rings. The summed E-state index contributed by atoms with van der Waals surface area (Å²) in [6.45, 7) is 9.30. The number of nitrogens with one attached hydrogen (secondary N) is 2. The summed E-state index contributed by atoms with van der Waals surface area (Å²) in [6.07, 6.45) is 3.12. The Balaban J connectivity index is 1.67. The van der Waals surface area contributed by atoms with Crippen molar-refractivity contribution in [3.63, 3.8) is 0 Å². The van der Waals surface area contributed by atoms with E-state index in [0.29, 0.717) is 13.0 Å². The second-order valence-corrected chi connectivity index (χ2v) is 12.5. The van der Waals surface area contributed by atoms with Crippen molar-refractivity contribution >= 4 is 31.9 Å². The Kier molecular flexibility index (Phi) is 6.49. The summed E-state index contributed by atoms with van der Waals surface area (Å²) in [6, 6.07) is 6.74. The Morgan fingerprint density at radius 2 is 1.72 bits per heavy atom. The zero-order valence-electron chi connectivity index (χ0n) is 17.7. The first-order chi connectivity index (χ1) is 13.4. The molecule has 2 aliphatic heterocycles. The number of halogens is 1. The fourth-order valence-corrected chi connectivity index (χ4v) is 6.66. The van der Waals surface area contributed by atoms with E-state index in [1.807, 2.05) is 0 Å². The van der Waals surface area contributed by atoms with Crippen LogP contribution < -0.4 is 10.6 Å². The van der Waals surface area contributed by atoms with E-state index in [0.717, 1.165) is 23.7 Å². The molecule has 2 fully saturated rings. The van der Waals surface area contributed by atoms with E-state index in [9.17, 15) is 13.2 Å². The molecule has 0 saturated carbocycles. The molecule has 162 valence electrons. The predicted molar refractivity (Wildman–Crippen MR) is 118 cm³/mol. The van der Waals surface area contributed by atoms with Crippen molar-refractivity contribution in [1.82, 2.24) is 14.9 Å².